The Morgan fingerprint density at radius 2 is 2.11 bits per heavy atom. The van der Waals surface area contributed by atoms with Crippen molar-refractivity contribution in [3.05, 3.63) is 29.6 Å². The molecule has 1 aromatic rings. The molecular formula is C13H21FN2O2. The van der Waals surface area contributed by atoms with Crippen molar-refractivity contribution in [3.8, 4) is 5.75 Å². The zero-order chi connectivity index (χ0) is 13.8. The second-order valence-corrected chi connectivity index (χ2v) is 4.52. The molecule has 0 fully saturated rings. The summed E-state index contributed by atoms with van der Waals surface area (Å²) < 4.78 is 24.6. The first kappa shape index (κ1) is 14.9. The molecule has 4 nitrogen and oxygen atoms in total. The van der Waals surface area contributed by atoms with Crippen LogP contribution in [0.15, 0.2) is 18.2 Å². The van der Waals surface area contributed by atoms with Crippen LogP contribution in [0.4, 0.5) is 4.39 Å². The van der Waals surface area contributed by atoms with Crippen molar-refractivity contribution >= 4 is 0 Å². The molecule has 5 heteroatoms. The maximum atomic E-state index is 14.0. The second-order valence-electron chi connectivity index (χ2n) is 4.52. The van der Waals surface area contributed by atoms with Crippen LogP contribution in [0.25, 0.3) is 0 Å². The van der Waals surface area contributed by atoms with E-state index in [2.05, 4.69) is 5.43 Å². The summed E-state index contributed by atoms with van der Waals surface area (Å²) in [5.74, 6) is 5.64. The van der Waals surface area contributed by atoms with Crippen LogP contribution in [0, 0.1) is 5.82 Å². The quantitative estimate of drug-likeness (QED) is 0.605. The van der Waals surface area contributed by atoms with Crippen LogP contribution in [-0.4, -0.2) is 19.3 Å². The molecule has 1 unspecified atom stereocenters. The predicted molar refractivity (Wildman–Crippen MR) is 68.7 cm³/mol. The van der Waals surface area contributed by atoms with Gasteiger partial charge in [0.15, 0.2) is 0 Å². The molecule has 0 heterocycles. The van der Waals surface area contributed by atoms with Gasteiger partial charge in [0.1, 0.15) is 11.6 Å². The van der Waals surface area contributed by atoms with Gasteiger partial charge in [-0.2, -0.15) is 0 Å². The third-order valence-corrected chi connectivity index (χ3v) is 2.90. The highest BCUT2D eigenvalue weighted by Crippen LogP contribution is 2.31. The highest BCUT2D eigenvalue weighted by atomic mass is 19.1. The van der Waals surface area contributed by atoms with Crippen molar-refractivity contribution in [3.63, 3.8) is 0 Å². The van der Waals surface area contributed by atoms with Crippen molar-refractivity contribution in [1.29, 1.82) is 0 Å². The molecule has 0 amide bonds. The van der Waals surface area contributed by atoms with Crippen LogP contribution in [-0.2, 0) is 4.74 Å². The summed E-state index contributed by atoms with van der Waals surface area (Å²) >= 11 is 0. The molecule has 0 aromatic heterocycles. The van der Waals surface area contributed by atoms with E-state index < -0.39 is 11.6 Å². The number of halogens is 1. The molecule has 0 radical (unpaired) electrons. The molecule has 102 valence electrons. The number of hydrogen-bond acceptors (Lipinski definition) is 4. The monoisotopic (exact) mass is 256 g/mol. The average molecular weight is 256 g/mol. The topological polar surface area (TPSA) is 56.5 Å². The van der Waals surface area contributed by atoms with Crippen molar-refractivity contribution in [2.24, 2.45) is 5.84 Å². The van der Waals surface area contributed by atoms with Crippen LogP contribution >= 0.6 is 0 Å². The Hall–Kier alpha value is -1.17. The van der Waals surface area contributed by atoms with Crippen molar-refractivity contribution in [2.75, 3.05) is 13.7 Å². The molecule has 0 spiro atoms. The van der Waals surface area contributed by atoms with Crippen LogP contribution in [0.5, 0.6) is 5.75 Å². The molecule has 0 aliphatic heterocycles. The minimum atomic E-state index is -0.612. The molecular weight excluding hydrogens is 235 g/mol. The smallest absolute Gasteiger partial charge is 0.131 e. The molecule has 0 aliphatic rings. The maximum absolute atomic E-state index is 14.0. The number of hydrazine groups is 1. The summed E-state index contributed by atoms with van der Waals surface area (Å²) in [4.78, 5) is 0. The largest absolute Gasteiger partial charge is 0.497 e. The number of ether oxygens (including phenoxy) is 2. The van der Waals surface area contributed by atoms with E-state index in [1.807, 2.05) is 20.8 Å². The highest BCUT2D eigenvalue weighted by molar-refractivity contribution is 5.32. The van der Waals surface area contributed by atoms with Crippen LogP contribution in [0.2, 0.25) is 0 Å². The summed E-state index contributed by atoms with van der Waals surface area (Å²) in [5, 5.41) is 0. The maximum Gasteiger partial charge on any atom is 0.131 e. The van der Waals surface area contributed by atoms with E-state index in [9.17, 15) is 4.39 Å². The van der Waals surface area contributed by atoms with Gasteiger partial charge in [-0.05, 0) is 26.8 Å². The fourth-order valence-electron chi connectivity index (χ4n) is 1.99. The van der Waals surface area contributed by atoms with Crippen molar-refractivity contribution < 1.29 is 13.9 Å². The Kier molecular flexibility index (Phi) is 5.07. The van der Waals surface area contributed by atoms with E-state index in [-0.39, 0.29) is 5.82 Å². The molecule has 1 rings (SSSR count). The zero-order valence-corrected chi connectivity index (χ0v) is 11.3. The Bertz CT molecular complexity index is 397. The fourth-order valence-corrected chi connectivity index (χ4v) is 1.99. The summed E-state index contributed by atoms with van der Waals surface area (Å²) in [6.45, 7) is 6.15. The van der Waals surface area contributed by atoms with E-state index in [0.717, 1.165) is 0 Å². The van der Waals surface area contributed by atoms with Gasteiger partial charge in [0.2, 0.25) is 0 Å². The van der Waals surface area contributed by atoms with E-state index in [1.165, 1.54) is 13.2 Å². The molecule has 18 heavy (non-hydrogen) atoms. The van der Waals surface area contributed by atoms with Gasteiger partial charge in [0, 0.05) is 18.2 Å². The van der Waals surface area contributed by atoms with Crippen LogP contribution in [0.1, 0.15) is 32.4 Å². The zero-order valence-electron chi connectivity index (χ0n) is 11.3. The second kappa shape index (κ2) is 6.13. The van der Waals surface area contributed by atoms with Gasteiger partial charge in [-0.3, -0.25) is 5.84 Å². The number of nitrogens with two attached hydrogens (primary N) is 1. The molecule has 1 atom stereocenters. The lowest BCUT2D eigenvalue weighted by atomic mass is 9.91. The van der Waals surface area contributed by atoms with Gasteiger partial charge >= 0.3 is 0 Å². The van der Waals surface area contributed by atoms with E-state index in [4.69, 9.17) is 15.3 Å². The van der Waals surface area contributed by atoms with Crippen molar-refractivity contribution in [2.45, 2.75) is 32.4 Å². The summed E-state index contributed by atoms with van der Waals surface area (Å²) in [5.41, 5.74) is 2.46. The Labute approximate surface area is 107 Å². The first-order valence-electron chi connectivity index (χ1n) is 5.89. The van der Waals surface area contributed by atoms with E-state index in [0.29, 0.717) is 17.9 Å². The summed E-state index contributed by atoms with van der Waals surface area (Å²) in [6.07, 6.45) is 0. The minimum Gasteiger partial charge on any atom is -0.497 e. The molecule has 0 saturated heterocycles. The number of hydrogen-bond donors (Lipinski definition) is 2. The lowest BCUT2D eigenvalue weighted by Crippen LogP contribution is -2.45. The minimum absolute atomic E-state index is 0.370. The molecule has 0 saturated carbocycles. The normalized spacial score (nSPS) is 13.4. The Morgan fingerprint density at radius 1 is 1.44 bits per heavy atom. The van der Waals surface area contributed by atoms with Gasteiger partial charge in [-0.1, -0.05) is 6.07 Å². The SMILES string of the molecule is CCOC(C)(C)C(NN)c1ccc(OC)cc1F. The lowest BCUT2D eigenvalue weighted by molar-refractivity contribution is -0.0400. The molecule has 1 aromatic carbocycles. The van der Waals surface area contributed by atoms with Gasteiger partial charge in [-0.25, -0.2) is 9.82 Å². The van der Waals surface area contributed by atoms with Crippen LogP contribution in [0.3, 0.4) is 0 Å². The predicted octanol–water partition coefficient (Wildman–Crippen LogP) is 2.15. The number of benzene rings is 1. The van der Waals surface area contributed by atoms with Gasteiger partial charge < -0.3 is 9.47 Å². The first-order valence-corrected chi connectivity index (χ1v) is 5.89. The summed E-state index contributed by atoms with van der Waals surface area (Å²) in [6, 6.07) is 4.25. The van der Waals surface area contributed by atoms with Gasteiger partial charge in [0.25, 0.3) is 0 Å². The highest BCUT2D eigenvalue weighted by Gasteiger charge is 2.32. The molecule has 3 N–H and O–H groups in total. The number of rotatable bonds is 6. The molecule has 0 bridgehead atoms. The fraction of sp³-hybridized carbons (Fsp3) is 0.538. The van der Waals surface area contributed by atoms with Gasteiger partial charge in [-0.15, -0.1) is 0 Å². The third-order valence-electron chi connectivity index (χ3n) is 2.90. The Balaban J connectivity index is 3.09. The van der Waals surface area contributed by atoms with Crippen LogP contribution < -0.4 is 16.0 Å². The van der Waals surface area contributed by atoms with Gasteiger partial charge in [0.05, 0.1) is 18.8 Å². The third kappa shape index (κ3) is 3.19. The average Bonchev–Trinajstić information content (AvgIpc) is 2.31. The molecule has 0 aliphatic carbocycles. The van der Waals surface area contributed by atoms with Crippen molar-refractivity contribution in [1.82, 2.24) is 5.43 Å². The van der Waals surface area contributed by atoms with E-state index >= 15 is 0 Å². The number of nitrogens with one attached hydrogen (secondary N) is 1. The lowest BCUT2D eigenvalue weighted by Gasteiger charge is -2.34. The number of methoxy groups -OCH3 is 1. The summed E-state index contributed by atoms with van der Waals surface area (Å²) in [7, 11) is 1.50. The Morgan fingerprint density at radius 3 is 2.56 bits per heavy atom. The standard InChI is InChI=1S/C13H21FN2O2/c1-5-18-13(2,3)12(16-15)10-7-6-9(17-4)8-11(10)14/h6-8,12,16H,5,15H2,1-4H3. The first-order chi connectivity index (χ1) is 8.46. The van der Waals surface area contributed by atoms with E-state index in [1.54, 1.807) is 12.1 Å².